The molecule has 0 spiro atoms. The van der Waals surface area contributed by atoms with Crippen LogP contribution < -0.4 is 0 Å². The van der Waals surface area contributed by atoms with Gasteiger partial charge in [0.1, 0.15) is 14.2 Å². The molecule has 0 saturated carbocycles. The van der Waals surface area contributed by atoms with Gasteiger partial charge >= 0.3 is 18.1 Å². The lowest BCUT2D eigenvalue weighted by molar-refractivity contribution is -0.278. The molecule has 2 aromatic carbocycles. The van der Waals surface area contributed by atoms with Crippen LogP contribution in [-0.4, -0.2) is 59.9 Å². The number of esters is 2. The van der Waals surface area contributed by atoms with Crippen LogP contribution in [0.2, 0.25) is 37.8 Å². The van der Waals surface area contributed by atoms with Crippen LogP contribution in [0.5, 0.6) is 0 Å². The molecule has 0 aliphatic carbocycles. The second-order valence-corrected chi connectivity index (χ2v) is 22.8. The van der Waals surface area contributed by atoms with E-state index in [-0.39, 0.29) is 11.5 Å². The number of halogens is 3. The predicted octanol–water partition coefficient (Wildman–Crippen LogP) is 8.08. The zero-order valence-electron chi connectivity index (χ0n) is 27.6. The summed E-state index contributed by atoms with van der Waals surface area (Å²) in [7, 11) is -4.00. The van der Waals surface area contributed by atoms with Crippen LogP contribution in [0, 0.1) is 11.5 Å². The maximum absolute atomic E-state index is 14.8. The van der Waals surface area contributed by atoms with Crippen molar-refractivity contribution >= 4 is 28.3 Å². The van der Waals surface area contributed by atoms with Crippen molar-refractivity contribution in [1.82, 2.24) is 0 Å². The van der Waals surface area contributed by atoms with Gasteiger partial charge in [-0.15, -0.1) is 5.54 Å². The Bertz CT molecular complexity index is 1360. The largest absolute Gasteiger partial charge is 0.454 e. The zero-order valence-corrected chi connectivity index (χ0v) is 29.6. The Hall–Kier alpha value is -3.18. The van der Waals surface area contributed by atoms with E-state index in [0.717, 1.165) is 19.2 Å². The molecule has 2 aromatic rings. The van der Waals surface area contributed by atoms with Gasteiger partial charge < -0.3 is 18.6 Å². The fourth-order valence-electron chi connectivity index (χ4n) is 4.06. The average molecular weight is 663 g/mol. The summed E-state index contributed by atoms with van der Waals surface area (Å²) in [5.74, 6) is 0.647. The van der Waals surface area contributed by atoms with Crippen molar-refractivity contribution in [3.63, 3.8) is 0 Å². The van der Waals surface area contributed by atoms with Crippen LogP contribution in [0.15, 0.2) is 73.3 Å². The molecule has 0 bridgehead atoms. The number of hydrogen-bond acceptors (Lipinski definition) is 6. The van der Waals surface area contributed by atoms with E-state index in [0.29, 0.717) is 5.56 Å². The topological polar surface area (TPSA) is 71.1 Å². The van der Waals surface area contributed by atoms with Gasteiger partial charge in [-0.05, 0) is 30.3 Å². The predicted molar refractivity (Wildman–Crippen MR) is 175 cm³/mol. The summed E-state index contributed by atoms with van der Waals surface area (Å²) >= 11 is 0. The van der Waals surface area contributed by atoms with Gasteiger partial charge in [0.2, 0.25) is 0 Å². The number of benzene rings is 2. The van der Waals surface area contributed by atoms with Gasteiger partial charge in [-0.3, -0.25) is 0 Å². The maximum Gasteiger partial charge on any atom is 0.432 e. The Balaban J connectivity index is 2.67. The number of methoxy groups -OCH3 is 1. The lowest BCUT2D eigenvalue weighted by atomic mass is 9.92. The van der Waals surface area contributed by atoms with Crippen LogP contribution in [0.25, 0.3) is 0 Å². The molecule has 11 heteroatoms. The van der Waals surface area contributed by atoms with Gasteiger partial charge in [0.05, 0.1) is 11.7 Å². The minimum Gasteiger partial charge on any atom is -0.454 e. The van der Waals surface area contributed by atoms with Gasteiger partial charge in [0, 0.05) is 19.1 Å². The van der Waals surface area contributed by atoms with E-state index in [2.05, 4.69) is 18.0 Å². The van der Waals surface area contributed by atoms with E-state index in [9.17, 15) is 22.8 Å². The fourth-order valence-corrected chi connectivity index (χ4v) is 5.97. The van der Waals surface area contributed by atoms with Crippen LogP contribution in [0.4, 0.5) is 13.2 Å². The Morgan fingerprint density at radius 1 is 0.911 bits per heavy atom. The Kier molecular flexibility index (Phi) is 12.6. The van der Waals surface area contributed by atoms with E-state index in [4.69, 9.17) is 18.6 Å². The molecule has 0 N–H and O–H groups in total. The first-order valence-electron chi connectivity index (χ1n) is 14.7. The van der Waals surface area contributed by atoms with Gasteiger partial charge in [0.25, 0.3) is 5.60 Å². The third-order valence-electron chi connectivity index (χ3n) is 7.58. The molecule has 45 heavy (non-hydrogen) atoms. The van der Waals surface area contributed by atoms with Gasteiger partial charge in [-0.2, -0.15) is 13.2 Å². The first kappa shape index (κ1) is 38.0. The number of carbonyl (C=O) groups excluding carboxylic acids is 2. The van der Waals surface area contributed by atoms with Crippen LogP contribution in [0.3, 0.4) is 0 Å². The summed E-state index contributed by atoms with van der Waals surface area (Å²) in [6.45, 7) is 19.6. The molecule has 0 amide bonds. The van der Waals surface area contributed by atoms with E-state index in [1.165, 1.54) is 24.3 Å². The highest BCUT2D eigenvalue weighted by molar-refractivity contribution is 6.83. The Morgan fingerprint density at radius 3 is 1.89 bits per heavy atom. The number of carbonyl (C=O) groups is 2. The van der Waals surface area contributed by atoms with E-state index < -0.39 is 64.0 Å². The van der Waals surface area contributed by atoms with Crippen molar-refractivity contribution in [2.45, 2.75) is 95.1 Å². The summed E-state index contributed by atoms with van der Waals surface area (Å²) in [6.07, 6.45) is -7.33. The van der Waals surface area contributed by atoms with Crippen LogP contribution >= 0.6 is 0 Å². The molecule has 6 nitrogen and oxygen atoms in total. The summed E-state index contributed by atoms with van der Waals surface area (Å²) < 4.78 is 67.5. The van der Waals surface area contributed by atoms with Gasteiger partial charge in [-0.25, -0.2) is 9.59 Å². The minimum absolute atomic E-state index is 0.0791. The molecule has 4 atom stereocenters. The number of alkyl halides is 3. The molecule has 0 saturated heterocycles. The van der Waals surface area contributed by atoms with E-state index in [1.807, 2.05) is 53.5 Å². The minimum atomic E-state index is -5.18. The molecule has 0 aliphatic heterocycles. The lowest BCUT2D eigenvalue weighted by Crippen LogP contribution is -2.54. The quantitative estimate of drug-likeness (QED) is 0.0991. The molecule has 0 fully saturated rings. The molecular formula is C34H45F3O6Si2. The normalized spacial score (nSPS) is 15.8. The molecule has 0 heterocycles. The average Bonchev–Trinajstić information content (AvgIpc) is 2.94. The summed E-state index contributed by atoms with van der Waals surface area (Å²) in [4.78, 5) is 26.7. The van der Waals surface area contributed by atoms with Crippen molar-refractivity contribution in [2.75, 3.05) is 7.11 Å². The third kappa shape index (κ3) is 9.90. The van der Waals surface area contributed by atoms with Crippen molar-refractivity contribution in [2.24, 2.45) is 0 Å². The fraction of sp³-hybridized carbons (Fsp3) is 0.471. The summed E-state index contributed by atoms with van der Waals surface area (Å²) in [6, 6.07) is 14.9. The number of hydrogen-bond donors (Lipinski definition) is 0. The summed E-state index contributed by atoms with van der Waals surface area (Å²) in [5, 5.41) is -0.331. The summed E-state index contributed by atoms with van der Waals surface area (Å²) in [5.41, 5.74) is -0.424. The highest BCUT2D eigenvalue weighted by Gasteiger charge is 2.64. The van der Waals surface area contributed by atoms with Gasteiger partial charge in [0.15, 0.2) is 14.4 Å². The zero-order chi connectivity index (χ0) is 34.3. The van der Waals surface area contributed by atoms with Crippen LogP contribution in [-0.2, 0) is 29.0 Å². The highest BCUT2D eigenvalue weighted by Crippen LogP contribution is 2.44. The Morgan fingerprint density at radius 2 is 1.44 bits per heavy atom. The van der Waals surface area contributed by atoms with Crippen molar-refractivity contribution in [1.29, 1.82) is 0 Å². The second-order valence-electron chi connectivity index (χ2n) is 13.3. The molecule has 246 valence electrons. The Labute approximate surface area is 267 Å². The first-order chi connectivity index (χ1) is 20.7. The molecule has 0 aromatic heterocycles. The molecular weight excluding hydrogens is 618 g/mol. The van der Waals surface area contributed by atoms with Crippen molar-refractivity contribution < 1.29 is 41.4 Å². The SMILES string of the molecule is C=C[C@H](C[C@H](O[Si](C)(C)C(C)(C)C)[C@@H](C#C[Si](C)(C)C)OC(=O)[C@](OC)(c1ccccc1)C(F)(F)F)OC(=O)c1ccccc1. The van der Waals surface area contributed by atoms with E-state index >= 15 is 0 Å². The van der Waals surface area contributed by atoms with E-state index in [1.54, 1.807) is 30.3 Å². The molecule has 0 radical (unpaired) electrons. The maximum atomic E-state index is 14.8. The number of ether oxygens (including phenoxy) is 3. The number of rotatable bonds is 12. The monoisotopic (exact) mass is 662 g/mol. The lowest BCUT2D eigenvalue weighted by Gasteiger charge is -2.41. The second kappa shape index (κ2) is 14.9. The standard InChI is InChI=1S/C34H45F3O6Si2/c1-11-27(41-30(38)25-18-14-12-15-19-25)24-29(43-45(9,10)32(2,3)4)28(22-23-44(6,7)8)42-31(39)33(40-5,34(35,36)37)26-20-16-13-17-21-26/h11-21,27-29H,1,24H2,2-10H3/t27-,28-,29+,33-/m1/s1. The highest BCUT2D eigenvalue weighted by atomic mass is 28.4. The van der Waals surface area contributed by atoms with Crippen molar-refractivity contribution in [3.05, 3.63) is 84.4 Å². The van der Waals surface area contributed by atoms with Gasteiger partial charge in [-0.1, -0.05) is 108 Å². The van der Waals surface area contributed by atoms with Crippen LogP contribution in [0.1, 0.15) is 43.1 Å². The smallest absolute Gasteiger partial charge is 0.432 e. The molecule has 0 aliphatic rings. The molecule has 2 rings (SSSR count). The third-order valence-corrected chi connectivity index (χ3v) is 13.0. The first-order valence-corrected chi connectivity index (χ1v) is 21.1. The molecule has 0 unspecified atom stereocenters. The van der Waals surface area contributed by atoms with Crippen molar-refractivity contribution in [3.8, 4) is 11.5 Å².